The predicted octanol–water partition coefficient (Wildman–Crippen LogP) is 1.23. The number of aliphatic imine (C=N–C) groups is 1. The van der Waals surface area contributed by atoms with Gasteiger partial charge < -0.3 is 20.1 Å². The van der Waals surface area contributed by atoms with Crippen molar-refractivity contribution in [2.24, 2.45) is 10.9 Å². The van der Waals surface area contributed by atoms with Crippen LogP contribution in [0, 0.1) is 5.92 Å². The predicted molar refractivity (Wildman–Crippen MR) is 84.8 cm³/mol. The highest BCUT2D eigenvalue weighted by Gasteiger charge is 2.15. The van der Waals surface area contributed by atoms with E-state index >= 15 is 0 Å². The molecule has 0 bridgehead atoms. The zero-order chi connectivity index (χ0) is 12.3. The van der Waals surface area contributed by atoms with Gasteiger partial charge in [0.25, 0.3) is 0 Å². The largest absolute Gasteiger partial charge is 0.382 e. The molecule has 108 valence electrons. The molecule has 1 unspecified atom stereocenters. The topological polar surface area (TPSA) is 54.9 Å². The monoisotopic (exact) mass is 371 g/mol. The summed E-state index contributed by atoms with van der Waals surface area (Å²) < 4.78 is 10.6. The Bertz CT molecular complexity index is 221. The second-order valence-electron chi connectivity index (χ2n) is 4.16. The molecular formula is C12H26IN3O2. The molecule has 5 nitrogen and oxygen atoms in total. The number of guanidine groups is 1. The Kier molecular flexibility index (Phi) is 11.9. The van der Waals surface area contributed by atoms with Crippen molar-refractivity contribution in [3.05, 3.63) is 0 Å². The molecule has 0 spiro atoms. The fourth-order valence-electron chi connectivity index (χ4n) is 1.73. The van der Waals surface area contributed by atoms with Crippen molar-refractivity contribution in [1.82, 2.24) is 10.6 Å². The van der Waals surface area contributed by atoms with Crippen LogP contribution in [-0.2, 0) is 9.47 Å². The molecule has 18 heavy (non-hydrogen) atoms. The average Bonchev–Trinajstić information content (AvgIpc) is 2.86. The summed E-state index contributed by atoms with van der Waals surface area (Å²) in [6.45, 7) is 7.19. The highest BCUT2D eigenvalue weighted by atomic mass is 127. The molecule has 1 aliphatic rings. The molecule has 0 aliphatic carbocycles. The Hall–Kier alpha value is -0.0800. The Labute approximate surface area is 127 Å². The van der Waals surface area contributed by atoms with Crippen molar-refractivity contribution < 1.29 is 9.47 Å². The van der Waals surface area contributed by atoms with E-state index in [-0.39, 0.29) is 24.0 Å². The highest BCUT2D eigenvalue weighted by molar-refractivity contribution is 14.0. The number of halogens is 1. The second-order valence-corrected chi connectivity index (χ2v) is 4.16. The Morgan fingerprint density at radius 3 is 2.89 bits per heavy atom. The van der Waals surface area contributed by atoms with E-state index in [1.165, 1.54) is 0 Å². The highest BCUT2D eigenvalue weighted by Crippen LogP contribution is 2.10. The van der Waals surface area contributed by atoms with Gasteiger partial charge in [-0.1, -0.05) is 0 Å². The number of nitrogens with one attached hydrogen (secondary N) is 2. The van der Waals surface area contributed by atoms with Crippen LogP contribution in [0.2, 0.25) is 0 Å². The molecule has 1 rings (SSSR count). The zero-order valence-corrected chi connectivity index (χ0v) is 13.7. The molecule has 1 saturated heterocycles. The zero-order valence-electron chi connectivity index (χ0n) is 11.4. The number of rotatable bonds is 7. The maximum Gasteiger partial charge on any atom is 0.190 e. The van der Waals surface area contributed by atoms with E-state index in [4.69, 9.17) is 9.47 Å². The van der Waals surface area contributed by atoms with Crippen LogP contribution in [0.25, 0.3) is 0 Å². The summed E-state index contributed by atoms with van der Waals surface area (Å²) in [5.41, 5.74) is 0. The van der Waals surface area contributed by atoms with E-state index in [1.54, 1.807) is 7.05 Å². The normalized spacial score (nSPS) is 19.4. The molecule has 1 fully saturated rings. The van der Waals surface area contributed by atoms with Gasteiger partial charge in [0.1, 0.15) is 0 Å². The summed E-state index contributed by atoms with van der Waals surface area (Å²) in [5.74, 6) is 1.49. The molecule has 1 atom stereocenters. The molecule has 1 heterocycles. The van der Waals surface area contributed by atoms with Gasteiger partial charge in [0.05, 0.1) is 6.61 Å². The van der Waals surface area contributed by atoms with Gasteiger partial charge in [-0.3, -0.25) is 4.99 Å². The third kappa shape index (κ3) is 8.10. The number of ether oxygens (including phenoxy) is 2. The van der Waals surface area contributed by atoms with Gasteiger partial charge in [-0.25, -0.2) is 0 Å². The van der Waals surface area contributed by atoms with Crippen LogP contribution >= 0.6 is 24.0 Å². The van der Waals surface area contributed by atoms with E-state index < -0.39 is 0 Å². The molecule has 0 aromatic carbocycles. The first-order valence-corrected chi connectivity index (χ1v) is 6.46. The summed E-state index contributed by atoms with van der Waals surface area (Å²) in [6, 6.07) is 0. The minimum atomic E-state index is 0. The SMILES string of the molecule is CCOCCCNC(=NC)NCC1CCOC1.I. The van der Waals surface area contributed by atoms with Crippen LogP contribution in [0.15, 0.2) is 4.99 Å². The third-order valence-corrected chi connectivity index (χ3v) is 2.77. The summed E-state index contributed by atoms with van der Waals surface area (Å²) >= 11 is 0. The maximum atomic E-state index is 5.33. The molecule has 0 amide bonds. The Balaban J connectivity index is 0.00000289. The van der Waals surface area contributed by atoms with Gasteiger partial charge in [-0.15, -0.1) is 24.0 Å². The minimum Gasteiger partial charge on any atom is -0.382 e. The summed E-state index contributed by atoms with van der Waals surface area (Å²) in [4.78, 5) is 4.18. The molecule has 6 heteroatoms. The van der Waals surface area contributed by atoms with E-state index in [0.717, 1.165) is 58.3 Å². The molecule has 0 radical (unpaired) electrons. The van der Waals surface area contributed by atoms with Crippen LogP contribution in [-0.4, -0.2) is 52.5 Å². The van der Waals surface area contributed by atoms with Crippen LogP contribution in [0.1, 0.15) is 19.8 Å². The molecule has 2 N–H and O–H groups in total. The van der Waals surface area contributed by atoms with E-state index in [0.29, 0.717) is 5.92 Å². The smallest absolute Gasteiger partial charge is 0.190 e. The number of hydrogen-bond donors (Lipinski definition) is 2. The lowest BCUT2D eigenvalue weighted by atomic mass is 10.1. The molecule has 0 aromatic heterocycles. The van der Waals surface area contributed by atoms with Gasteiger partial charge in [-0.05, 0) is 19.8 Å². The second kappa shape index (κ2) is 12.0. The van der Waals surface area contributed by atoms with Crippen LogP contribution in [0.3, 0.4) is 0 Å². The molecule has 0 aromatic rings. The standard InChI is InChI=1S/C12H25N3O2.HI/c1-3-16-7-4-6-14-12(13-2)15-9-11-5-8-17-10-11;/h11H,3-10H2,1-2H3,(H2,13,14,15);1H. The van der Waals surface area contributed by atoms with Gasteiger partial charge in [0.15, 0.2) is 5.96 Å². The van der Waals surface area contributed by atoms with Gasteiger partial charge in [-0.2, -0.15) is 0 Å². The fraction of sp³-hybridized carbons (Fsp3) is 0.917. The van der Waals surface area contributed by atoms with Crippen LogP contribution < -0.4 is 10.6 Å². The number of nitrogens with zero attached hydrogens (tertiary/aromatic N) is 1. The number of hydrogen-bond acceptors (Lipinski definition) is 3. The van der Waals surface area contributed by atoms with Gasteiger partial charge in [0, 0.05) is 45.9 Å². The molecule has 0 saturated carbocycles. The van der Waals surface area contributed by atoms with Crippen molar-refractivity contribution in [2.45, 2.75) is 19.8 Å². The maximum absolute atomic E-state index is 5.33. The van der Waals surface area contributed by atoms with Crippen molar-refractivity contribution in [2.75, 3.05) is 46.6 Å². The summed E-state index contributed by atoms with van der Waals surface area (Å²) in [6.07, 6.45) is 2.15. The Morgan fingerprint density at radius 1 is 1.44 bits per heavy atom. The first kappa shape index (κ1) is 17.9. The van der Waals surface area contributed by atoms with Crippen molar-refractivity contribution in [3.63, 3.8) is 0 Å². The third-order valence-electron chi connectivity index (χ3n) is 2.77. The first-order valence-electron chi connectivity index (χ1n) is 6.46. The summed E-state index contributed by atoms with van der Waals surface area (Å²) in [7, 11) is 1.79. The van der Waals surface area contributed by atoms with E-state index in [2.05, 4.69) is 15.6 Å². The first-order chi connectivity index (χ1) is 8.36. The summed E-state index contributed by atoms with van der Waals surface area (Å²) in [5, 5.41) is 6.59. The lowest BCUT2D eigenvalue weighted by molar-refractivity contribution is 0.145. The Morgan fingerprint density at radius 2 is 2.28 bits per heavy atom. The average molecular weight is 371 g/mol. The van der Waals surface area contributed by atoms with Gasteiger partial charge in [0.2, 0.25) is 0 Å². The van der Waals surface area contributed by atoms with Crippen LogP contribution in [0.5, 0.6) is 0 Å². The van der Waals surface area contributed by atoms with Crippen molar-refractivity contribution in [1.29, 1.82) is 0 Å². The van der Waals surface area contributed by atoms with Crippen molar-refractivity contribution in [3.8, 4) is 0 Å². The van der Waals surface area contributed by atoms with E-state index in [1.807, 2.05) is 6.92 Å². The fourth-order valence-corrected chi connectivity index (χ4v) is 1.73. The molecule has 1 aliphatic heterocycles. The van der Waals surface area contributed by atoms with E-state index in [9.17, 15) is 0 Å². The lowest BCUT2D eigenvalue weighted by Gasteiger charge is -2.14. The van der Waals surface area contributed by atoms with Crippen LogP contribution in [0.4, 0.5) is 0 Å². The minimum absolute atomic E-state index is 0. The quantitative estimate of drug-likeness (QED) is 0.306. The molecular weight excluding hydrogens is 345 g/mol. The van der Waals surface area contributed by atoms with Gasteiger partial charge >= 0.3 is 0 Å². The lowest BCUT2D eigenvalue weighted by Crippen LogP contribution is -2.40. The van der Waals surface area contributed by atoms with Crippen molar-refractivity contribution >= 4 is 29.9 Å².